The Balaban J connectivity index is 1.65. The second-order valence-corrected chi connectivity index (χ2v) is 5.22. The summed E-state index contributed by atoms with van der Waals surface area (Å²) in [5.74, 6) is 0. The van der Waals surface area contributed by atoms with E-state index in [9.17, 15) is 0 Å². The normalized spacial score (nSPS) is 10.7. The molecule has 3 heteroatoms. The maximum absolute atomic E-state index is 4.09. The molecule has 0 atom stereocenters. The van der Waals surface area contributed by atoms with E-state index in [1.54, 1.807) is 0 Å². The molecule has 0 spiro atoms. The van der Waals surface area contributed by atoms with Gasteiger partial charge in [-0.3, -0.25) is 5.10 Å². The van der Waals surface area contributed by atoms with Crippen molar-refractivity contribution in [3.8, 4) is 11.3 Å². The van der Waals surface area contributed by atoms with Crippen LogP contribution in [0, 0.1) is 6.92 Å². The summed E-state index contributed by atoms with van der Waals surface area (Å²) in [4.78, 5) is 0. The number of nitrogens with one attached hydrogen (secondary N) is 2. The zero-order chi connectivity index (χ0) is 14.5. The van der Waals surface area contributed by atoms with Crippen molar-refractivity contribution in [3.63, 3.8) is 0 Å². The first kappa shape index (κ1) is 13.6. The molecule has 0 amide bonds. The van der Waals surface area contributed by atoms with Crippen LogP contribution >= 0.6 is 0 Å². The molecule has 106 valence electrons. The van der Waals surface area contributed by atoms with E-state index >= 15 is 0 Å². The number of hydrogen-bond donors (Lipinski definition) is 2. The topological polar surface area (TPSA) is 40.7 Å². The van der Waals surface area contributed by atoms with Gasteiger partial charge < -0.3 is 5.32 Å². The van der Waals surface area contributed by atoms with Crippen LogP contribution in [0.2, 0.25) is 0 Å². The van der Waals surface area contributed by atoms with Gasteiger partial charge >= 0.3 is 0 Å². The smallest absolute Gasteiger partial charge is 0.0679 e. The molecule has 3 nitrogen and oxygen atoms in total. The second-order valence-electron chi connectivity index (χ2n) is 5.22. The first-order chi connectivity index (χ1) is 10.3. The van der Waals surface area contributed by atoms with Gasteiger partial charge in [0.05, 0.1) is 11.9 Å². The van der Waals surface area contributed by atoms with Gasteiger partial charge in [-0.25, -0.2) is 0 Å². The molecular formula is C18H19N3. The lowest BCUT2D eigenvalue weighted by atomic mass is 10.1. The molecule has 0 aliphatic heterocycles. The van der Waals surface area contributed by atoms with E-state index in [0.29, 0.717) is 0 Å². The molecule has 2 N–H and O–H groups in total. The Kier molecular flexibility index (Phi) is 4.12. The van der Waals surface area contributed by atoms with Crippen LogP contribution in [0.3, 0.4) is 0 Å². The molecule has 21 heavy (non-hydrogen) atoms. The van der Waals surface area contributed by atoms with Crippen LogP contribution in [-0.2, 0) is 13.1 Å². The second kappa shape index (κ2) is 6.37. The first-order valence-electron chi connectivity index (χ1n) is 7.17. The maximum atomic E-state index is 4.09. The van der Waals surface area contributed by atoms with E-state index in [4.69, 9.17) is 0 Å². The van der Waals surface area contributed by atoms with E-state index in [2.05, 4.69) is 71.0 Å². The third kappa shape index (κ3) is 3.38. The Morgan fingerprint density at radius 1 is 0.952 bits per heavy atom. The predicted octanol–water partition coefficient (Wildman–Crippen LogP) is 3.67. The van der Waals surface area contributed by atoms with Crippen molar-refractivity contribution in [2.45, 2.75) is 20.0 Å². The zero-order valence-corrected chi connectivity index (χ0v) is 12.1. The minimum atomic E-state index is 0.857. The fourth-order valence-electron chi connectivity index (χ4n) is 2.42. The van der Waals surface area contributed by atoms with Crippen molar-refractivity contribution >= 4 is 0 Å². The lowest BCUT2D eigenvalue weighted by Crippen LogP contribution is -2.12. The highest BCUT2D eigenvalue weighted by molar-refractivity contribution is 5.62. The van der Waals surface area contributed by atoms with Crippen LogP contribution in [0.1, 0.15) is 16.7 Å². The third-order valence-electron chi connectivity index (χ3n) is 3.55. The number of benzene rings is 2. The summed E-state index contributed by atoms with van der Waals surface area (Å²) in [5.41, 5.74) is 6.03. The Bertz CT molecular complexity index is 701. The average molecular weight is 277 g/mol. The van der Waals surface area contributed by atoms with Gasteiger partial charge in [0, 0.05) is 18.7 Å². The van der Waals surface area contributed by atoms with Crippen molar-refractivity contribution in [2.75, 3.05) is 0 Å². The number of aromatic amines is 1. The zero-order valence-electron chi connectivity index (χ0n) is 12.1. The molecular weight excluding hydrogens is 258 g/mol. The van der Waals surface area contributed by atoms with E-state index in [0.717, 1.165) is 18.8 Å². The third-order valence-corrected chi connectivity index (χ3v) is 3.55. The van der Waals surface area contributed by atoms with E-state index in [-0.39, 0.29) is 0 Å². The van der Waals surface area contributed by atoms with Gasteiger partial charge in [0.1, 0.15) is 0 Å². The van der Waals surface area contributed by atoms with Crippen LogP contribution in [0.4, 0.5) is 0 Å². The average Bonchev–Trinajstić information content (AvgIpc) is 2.95. The summed E-state index contributed by atoms with van der Waals surface area (Å²) in [5, 5.41) is 10.6. The number of hydrogen-bond acceptors (Lipinski definition) is 2. The number of aryl methyl sites for hydroxylation is 1. The molecule has 0 aliphatic rings. The van der Waals surface area contributed by atoms with Crippen LogP contribution in [0.15, 0.2) is 60.8 Å². The Morgan fingerprint density at radius 2 is 1.71 bits per heavy atom. The molecule has 2 aromatic carbocycles. The van der Waals surface area contributed by atoms with Gasteiger partial charge in [0.2, 0.25) is 0 Å². The highest BCUT2D eigenvalue weighted by Gasteiger charge is 2.04. The van der Waals surface area contributed by atoms with Gasteiger partial charge in [-0.2, -0.15) is 5.10 Å². The van der Waals surface area contributed by atoms with Gasteiger partial charge in [-0.05, 0) is 29.7 Å². The van der Waals surface area contributed by atoms with Crippen molar-refractivity contribution in [3.05, 3.63) is 77.5 Å². The summed E-state index contributed by atoms with van der Waals surface area (Å²) < 4.78 is 0. The molecule has 0 unspecified atom stereocenters. The summed E-state index contributed by atoms with van der Waals surface area (Å²) >= 11 is 0. The highest BCUT2D eigenvalue weighted by Crippen LogP contribution is 2.21. The van der Waals surface area contributed by atoms with Crippen LogP contribution < -0.4 is 5.32 Å². The van der Waals surface area contributed by atoms with Crippen molar-refractivity contribution < 1.29 is 0 Å². The molecule has 3 rings (SSSR count). The minimum absolute atomic E-state index is 0.857. The molecule has 0 saturated carbocycles. The monoisotopic (exact) mass is 277 g/mol. The minimum Gasteiger partial charge on any atom is -0.309 e. The first-order valence-corrected chi connectivity index (χ1v) is 7.17. The molecule has 0 saturated heterocycles. The summed E-state index contributed by atoms with van der Waals surface area (Å²) in [6.45, 7) is 3.81. The molecule has 0 aliphatic carbocycles. The standard InChI is InChI=1S/C18H19N3/c1-14-11-20-21-18(14)17-9-5-8-16(10-17)13-19-12-15-6-3-2-4-7-15/h2-11,19H,12-13H2,1H3,(H,20,21). The summed E-state index contributed by atoms with van der Waals surface area (Å²) in [6, 6.07) is 19.0. The molecule has 3 aromatic rings. The number of aromatic nitrogens is 2. The Labute approximate surface area is 125 Å². The van der Waals surface area contributed by atoms with E-state index < -0.39 is 0 Å². The van der Waals surface area contributed by atoms with Gasteiger partial charge in [0.15, 0.2) is 0 Å². The van der Waals surface area contributed by atoms with E-state index in [1.807, 2.05) is 12.3 Å². The molecule has 0 bridgehead atoms. The van der Waals surface area contributed by atoms with Crippen molar-refractivity contribution in [1.82, 2.24) is 15.5 Å². The summed E-state index contributed by atoms with van der Waals surface area (Å²) in [6.07, 6.45) is 1.86. The van der Waals surface area contributed by atoms with Crippen LogP contribution in [-0.4, -0.2) is 10.2 Å². The van der Waals surface area contributed by atoms with Crippen LogP contribution in [0.25, 0.3) is 11.3 Å². The number of rotatable bonds is 5. The molecule has 1 aromatic heterocycles. The Morgan fingerprint density at radius 3 is 2.48 bits per heavy atom. The van der Waals surface area contributed by atoms with Gasteiger partial charge in [-0.1, -0.05) is 48.5 Å². The number of H-pyrrole nitrogens is 1. The van der Waals surface area contributed by atoms with Crippen molar-refractivity contribution in [2.24, 2.45) is 0 Å². The Hall–Kier alpha value is -2.39. The molecule has 1 heterocycles. The lowest BCUT2D eigenvalue weighted by molar-refractivity contribution is 0.693. The fraction of sp³-hybridized carbons (Fsp3) is 0.167. The van der Waals surface area contributed by atoms with Crippen molar-refractivity contribution in [1.29, 1.82) is 0 Å². The van der Waals surface area contributed by atoms with Gasteiger partial charge in [-0.15, -0.1) is 0 Å². The quantitative estimate of drug-likeness (QED) is 0.747. The van der Waals surface area contributed by atoms with Crippen LogP contribution in [0.5, 0.6) is 0 Å². The molecule has 0 radical (unpaired) electrons. The highest BCUT2D eigenvalue weighted by atomic mass is 15.1. The summed E-state index contributed by atoms with van der Waals surface area (Å²) in [7, 11) is 0. The fourth-order valence-corrected chi connectivity index (χ4v) is 2.42. The largest absolute Gasteiger partial charge is 0.309 e. The maximum Gasteiger partial charge on any atom is 0.0679 e. The van der Waals surface area contributed by atoms with Gasteiger partial charge in [0.25, 0.3) is 0 Å². The number of nitrogens with zero attached hydrogens (tertiary/aromatic N) is 1. The SMILES string of the molecule is Cc1cn[nH]c1-c1cccc(CNCc2ccccc2)c1. The predicted molar refractivity (Wildman–Crippen MR) is 85.7 cm³/mol. The van der Waals surface area contributed by atoms with E-state index in [1.165, 1.54) is 22.3 Å². The molecule has 0 fully saturated rings. The lowest BCUT2D eigenvalue weighted by Gasteiger charge is -2.07.